The first-order chi connectivity index (χ1) is 8.75. The molecular weight excluding hydrogens is 248 g/mol. The second kappa shape index (κ2) is 6.23. The molecule has 0 aliphatic heterocycles. The minimum atomic E-state index is -1.94. The number of aliphatic hydroxyl groups is 1. The molecule has 6 nitrogen and oxygen atoms in total. The fraction of sp³-hybridized carbons (Fsp3) is 0.846. The van der Waals surface area contributed by atoms with E-state index in [1.54, 1.807) is 11.9 Å². The number of carbonyl (C=O) groups excluding carboxylic acids is 1. The Morgan fingerprint density at radius 1 is 1.37 bits per heavy atom. The number of rotatable bonds is 4. The van der Waals surface area contributed by atoms with Crippen LogP contribution in [0.25, 0.3) is 0 Å². The van der Waals surface area contributed by atoms with Crippen molar-refractivity contribution in [3.8, 4) is 0 Å². The van der Waals surface area contributed by atoms with E-state index in [-0.39, 0.29) is 18.6 Å². The summed E-state index contributed by atoms with van der Waals surface area (Å²) in [5.74, 6) is -0.897. The van der Waals surface area contributed by atoms with Crippen LogP contribution in [0.5, 0.6) is 0 Å². The van der Waals surface area contributed by atoms with Crippen molar-refractivity contribution in [2.75, 3.05) is 13.6 Å². The Hall–Kier alpha value is -1.30. The zero-order chi connectivity index (χ0) is 14.6. The molecule has 6 heteroatoms. The van der Waals surface area contributed by atoms with Gasteiger partial charge in [-0.1, -0.05) is 19.8 Å². The van der Waals surface area contributed by atoms with Gasteiger partial charge in [0.05, 0.1) is 6.54 Å². The van der Waals surface area contributed by atoms with Crippen molar-refractivity contribution in [3.05, 3.63) is 0 Å². The highest BCUT2D eigenvalue weighted by atomic mass is 16.4. The highest BCUT2D eigenvalue weighted by molar-refractivity contribution is 5.79. The average molecular weight is 272 g/mol. The summed E-state index contributed by atoms with van der Waals surface area (Å²) in [6.07, 6.45) is 4.38. The largest absolute Gasteiger partial charge is 0.479 e. The Morgan fingerprint density at radius 3 is 2.47 bits per heavy atom. The molecule has 1 rings (SSSR count). The summed E-state index contributed by atoms with van der Waals surface area (Å²) in [6, 6.07) is -0.149. The summed E-state index contributed by atoms with van der Waals surface area (Å²) in [5.41, 5.74) is -1.94. The number of hydrogen-bond acceptors (Lipinski definition) is 3. The zero-order valence-corrected chi connectivity index (χ0v) is 11.8. The number of nitrogens with zero attached hydrogens (tertiary/aromatic N) is 1. The maximum Gasteiger partial charge on any atom is 0.337 e. The molecule has 0 bridgehead atoms. The first-order valence-electron chi connectivity index (χ1n) is 6.72. The van der Waals surface area contributed by atoms with Crippen LogP contribution in [0, 0.1) is 5.92 Å². The molecule has 3 N–H and O–H groups in total. The number of hydrogen-bond donors (Lipinski definition) is 3. The summed E-state index contributed by atoms with van der Waals surface area (Å²) in [5, 5.41) is 20.8. The van der Waals surface area contributed by atoms with Gasteiger partial charge in [-0.15, -0.1) is 0 Å². The van der Waals surface area contributed by atoms with Crippen LogP contribution < -0.4 is 5.32 Å². The number of urea groups is 1. The van der Waals surface area contributed by atoms with Crippen LogP contribution in [0.1, 0.15) is 39.5 Å². The van der Waals surface area contributed by atoms with Crippen LogP contribution >= 0.6 is 0 Å². The van der Waals surface area contributed by atoms with Gasteiger partial charge in [0.15, 0.2) is 5.60 Å². The van der Waals surface area contributed by atoms with Gasteiger partial charge in [0.25, 0.3) is 0 Å². The number of carbonyl (C=O) groups is 2. The molecule has 1 aliphatic rings. The molecule has 0 heterocycles. The molecule has 2 amide bonds. The Balaban J connectivity index is 2.51. The second-order valence-electron chi connectivity index (χ2n) is 5.68. The van der Waals surface area contributed by atoms with E-state index in [9.17, 15) is 14.7 Å². The molecule has 3 atom stereocenters. The van der Waals surface area contributed by atoms with Crippen molar-refractivity contribution in [1.82, 2.24) is 10.2 Å². The van der Waals surface area contributed by atoms with Crippen LogP contribution in [-0.4, -0.2) is 52.3 Å². The van der Waals surface area contributed by atoms with Gasteiger partial charge < -0.3 is 20.4 Å². The first kappa shape index (κ1) is 15.8. The summed E-state index contributed by atoms with van der Waals surface area (Å²) in [6.45, 7) is 2.99. The lowest BCUT2D eigenvalue weighted by Gasteiger charge is -2.36. The molecule has 0 aromatic rings. The highest BCUT2D eigenvalue weighted by Crippen LogP contribution is 2.27. The molecule has 0 aromatic heterocycles. The quantitative estimate of drug-likeness (QED) is 0.713. The minimum Gasteiger partial charge on any atom is -0.479 e. The third-order valence-electron chi connectivity index (χ3n) is 3.93. The monoisotopic (exact) mass is 272 g/mol. The molecule has 0 spiro atoms. The molecule has 19 heavy (non-hydrogen) atoms. The van der Waals surface area contributed by atoms with Crippen molar-refractivity contribution in [1.29, 1.82) is 0 Å². The molecule has 0 saturated heterocycles. The molecular formula is C13H24N2O4. The third kappa shape index (κ3) is 4.09. The standard InChI is InChI=1S/C13H24N2O4/c1-9-6-4-5-7-10(9)15(3)12(18)14-8-13(2,19)11(16)17/h9-10,19H,4-8H2,1-3H3,(H,14,18)(H,16,17). The van der Waals surface area contributed by atoms with Gasteiger partial charge in [0.1, 0.15) is 0 Å². The van der Waals surface area contributed by atoms with Crippen molar-refractivity contribution in [2.24, 2.45) is 5.92 Å². The topological polar surface area (TPSA) is 89.9 Å². The number of nitrogens with one attached hydrogen (secondary N) is 1. The van der Waals surface area contributed by atoms with Gasteiger partial charge in [0, 0.05) is 13.1 Å². The van der Waals surface area contributed by atoms with Gasteiger partial charge in [-0.25, -0.2) is 9.59 Å². The van der Waals surface area contributed by atoms with E-state index in [4.69, 9.17) is 5.11 Å². The van der Waals surface area contributed by atoms with Gasteiger partial charge in [0.2, 0.25) is 0 Å². The molecule has 3 unspecified atom stereocenters. The summed E-state index contributed by atoms with van der Waals surface area (Å²) >= 11 is 0. The second-order valence-corrected chi connectivity index (χ2v) is 5.68. The van der Waals surface area contributed by atoms with E-state index in [1.807, 2.05) is 0 Å². The highest BCUT2D eigenvalue weighted by Gasteiger charge is 2.32. The lowest BCUT2D eigenvalue weighted by atomic mass is 9.85. The summed E-state index contributed by atoms with van der Waals surface area (Å²) < 4.78 is 0. The Morgan fingerprint density at radius 2 is 1.95 bits per heavy atom. The van der Waals surface area contributed by atoms with Crippen LogP contribution in [0.2, 0.25) is 0 Å². The molecule has 1 saturated carbocycles. The van der Waals surface area contributed by atoms with Gasteiger partial charge in [-0.2, -0.15) is 0 Å². The van der Waals surface area contributed by atoms with Crippen molar-refractivity contribution < 1.29 is 19.8 Å². The van der Waals surface area contributed by atoms with Gasteiger partial charge >= 0.3 is 12.0 Å². The summed E-state index contributed by atoms with van der Waals surface area (Å²) in [7, 11) is 1.72. The van der Waals surface area contributed by atoms with Crippen molar-refractivity contribution in [3.63, 3.8) is 0 Å². The van der Waals surface area contributed by atoms with Gasteiger partial charge in [-0.05, 0) is 25.7 Å². The van der Waals surface area contributed by atoms with Crippen LogP contribution in [-0.2, 0) is 4.79 Å². The van der Waals surface area contributed by atoms with E-state index in [0.29, 0.717) is 5.92 Å². The fourth-order valence-corrected chi connectivity index (χ4v) is 2.47. The molecule has 0 radical (unpaired) electrons. The van der Waals surface area contributed by atoms with E-state index in [0.717, 1.165) is 19.3 Å². The van der Waals surface area contributed by atoms with E-state index in [2.05, 4.69) is 12.2 Å². The minimum absolute atomic E-state index is 0.184. The fourth-order valence-electron chi connectivity index (χ4n) is 2.47. The van der Waals surface area contributed by atoms with E-state index >= 15 is 0 Å². The van der Waals surface area contributed by atoms with Crippen molar-refractivity contribution >= 4 is 12.0 Å². The molecule has 0 aromatic carbocycles. The van der Waals surface area contributed by atoms with E-state index in [1.165, 1.54) is 13.3 Å². The Bertz CT molecular complexity index is 344. The lowest BCUT2D eigenvalue weighted by Crippen LogP contribution is -2.52. The lowest BCUT2D eigenvalue weighted by molar-refractivity contribution is -0.155. The van der Waals surface area contributed by atoms with Crippen LogP contribution in [0.15, 0.2) is 0 Å². The number of amides is 2. The SMILES string of the molecule is CC1CCCCC1N(C)C(=O)NCC(C)(O)C(=O)O. The molecule has 110 valence electrons. The predicted octanol–water partition coefficient (Wildman–Crippen LogP) is 1.04. The van der Waals surface area contributed by atoms with Crippen molar-refractivity contribution in [2.45, 2.75) is 51.2 Å². The van der Waals surface area contributed by atoms with Crippen LogP contribution in [0.3, 0.4) is 0 Å². The van der Waals surface area contributed by atoms with E-state index < -0.39 is 11.6 Å². The maximum atomic E-state index is 12.0. The van der Waals surface area contributed by atoms with Crippen LogP contribution in [0.4, 0.5) is 4.79 Å². The number of carboxylic acids is 1. The molecule has 1 aliphatic carbocycles. The van der Waals surface area contributed by atoms with Gasteiger partial charge in [-0.3, -0.25) is 0 Å². The molecule has 1 fully saturated rings. The smallest absolute Gasteiger partial charge is 0.337 e. The Labute approximate surface area is 113 Å². The first-order valence-corrected chi connectivity index (χ1v) is 6.72. The third-order valence-corrected chi connectivity index (χ3v) is 3.93. The zero-order valence-electron chi connectivity index (χ0n) is 11.8. The number of carboxylic acid groups (broad SMARTS) is 1. The Kier molecular flexibility index (Phi) is 5.17. The predicted molar refractivity (Wildman–Crippen MR) is 70.8 cm³/mol. The number of aliphatic carboxylic acids is 1. The summed E-state index contributed by atoms with van der Waals surface area (Å²) in [4.78, 5) is 24.3. The normalized spacial score (nSPS) is 26.3. The maximum absolute atomic E-state index is 12.0. The average Bonchev–Trinajstić information content (AvgIpc) is 2.35.